The van der Waals surface area contributed by atoms with Crippen LogP contribution in [-0.2, 0) is 6.54 Å². The van der Waals surface area contributed by atoms with Crippen LogP contribution in [0.1, 0.15) is 37.0 Å². The van der Waals surface area contributed by atoms with E-state index in [9.17, 15) is 0 Å². The Kier molecular flexibility index (Phi) is 4.41. The molecule has 2 nitrogen and oxygen atoms in total. The van der Waals surface area contributed by atoms with Crippen LogP contribution in [0.25, 0.3) is 0 Å². The van der Waals surface area contributed by atoms with E-state index in [0.29, 0.717) is 12.1 Å². The minimum absolute atomic E-state index is 0.609. The zero-order valence-electron chi connectivity index (χ0n) is 12.2. The first kappa shape index (κ1) is 13.6. The molecule has 1 aromatic carbocycles. The molecule has 2 atom stereocenters. The van der Waals surface area contributed by atoms with Gasteiger partial charge in [0.15, 0.2) is 0 Å². The van der Waals surface area contributed by atoms with E-state index in [1.165, 1.54) is 23.1 Å². The molecule has 2 unspecified atom stereocenters. The largest absolute Gasteiger partial charge is 0.311 e. The molecule has 0 aliphatic carbocycles. The highest BCUT2D eigenvalue weighted by molar-refractivity contribution is 5.30. The van der Waals surface area contributed by atoms with E-state index >= 15 is 0 Å². The summed E-state index contributed by atoms with van der Waals surface area (Å²) in [5.41, 5.74) is 4.27. The summed E-state index contributed by atoms with van der Waals surface area (Å²) in [5, 5.41) is 3.58. The molecule has 1 saturated heterocycles. The van der Waals surface area contributed by atoms with Gasteiger partial charge in [0.25, 0.3) is 0 Å². The first-order valence-electron chi connectivity index (χ1n) is 7.13. The third-order valence-electron chi connectivity index (χ3n) is 4.08. The van der Waals surface area contributed by atoms with E-state index in [2.05, 4.69) is 56.1 Å². The van der Waals surface area contributed by atoms with Gasteiger partial charge in [-0.05, 0) is 38.3 Å². The molecule has 1 heterocycles. The maximum Gasteiger partial charge on any atom is 0.0240 e. The maximum atomic E-state index is 3.58. The maximum absolute atomic E-state index is 3.58. The van der Waals surface area contributed by atoms with Crippen LogP contribution in [-0.4, -0.2) is 30.1 Å². The molecule has 0 bridgehead atoms. The van der Waals surface area contributed by atoms with Gasteiger partial charge in [0.2, 0.25) is 0 Å². The normalized spacial score (nSPS) is 25.3. The van der Waals surface area contributed by atoms with Crippen LogP contribution >= 0.6 is 0 Å². The minimum Gasteiger partial charge on any atom is -0.311 e. The SMILES string of the molecule is CCC1CNC(C)CN1Cc1cc(C)ccc1C. The van der Waals surface area contributed by atoms with Crippen molar-refractivity contribution in [3.63, 3.8) is 0 Å². The van der Waals surface area contributed by atoms with E-state index < -0.39 is 0 Å². The fourth-order valence-corrected chi connectivity index (χ4v) is 2.82. The average Bonchev–Trinajstić information content (AvgIpc) is 2.34. The lowest BCUT2D eigenvalue weighted by atomic mass is 10.0. The van der Waals surface area contributed by atoms with Crippen LogP contribution in [0.4, 0.5) is 0 Å². The molecule has 0 amide bonds. The number of piperazine rings is 1. The van der Waals surface area contributed by atoms with Crippen LogP contribution < -0.4 is 5.32 Å². The van der Waals surface area contributed by atoms with Crippen molar-refractivity contribution >= 4 is 0 Å². The van der Waals surface area contributed by atoms with Crippen LogP contribution in [0.2, 0.25) is 0 Å². The van der Waals surface area contributed by atoms with Gasteiger partial charge in [0, 0.05) is 31.7 Å². The van der Waals surface area contributed by atoms with Crippen molar-refractivity contribution < 1.29 is 0 Å². The second-order valence-electron chi connectivity index (χ2n) is 5.73. The van der Waals surface area contributed by atoms with E-state index in [0.717, 1.165) is 19.6 Å². The van der Waals surface area contributed by atoms with Gasteiger partial charge >= 0.3 is 0 Å². The summed E-state index contributed by atoms with van der Waals surface area (Å²) in [6, 6.07) is 8.08. The summed E-state index contributed by atoms with van der Waals surface area (Å²) in [5.74, 6) is 0. The number of benzene rings is 1. The van der Waals surface area contributed by atoms with Crippen molar-refractivity contribution in [2.24, 2.45) is 0 Å². The Morgan fingerprint density at radius 1 is 1.33 bits per heavy atom. The molecule has 18 heavy (non-hydrogen) atoms. The fourth-order valence-electron chi connectivity index (χ4n) is 2.82. The average molecular weight is 246 g/mol. The van der Waals surface area contributed by atoms with Crippen LogP contribution in [0, 0.1) is 13.8 Å². The zero-order chi connectivity index (χ0) is 13.1. The predicted octanol–water partition coefficient (Wildman–Crippen LogP) is 2.88. The van der Waals surface area contributed by atoms with E-state index in [-0.39, 0.29) is 0 Å². The monoisotopic (exact) mass is 246 g/mol. The lowest BCUT2D eigenvalue weighted by Crippen LogP contribution is -2.54. The zero-order valence-corrected chi connectivity index (χ0v) is 12.2. The fraction of sp³-hybridized carbons (Fsp3) is 0.625. The molecule has 2 heteroatoms. The Hall–Kier alpha value is -0.860. The molecule has 0 saturated carbocycles. The lowest BCUT2D eigenvalue weighted by Gasteiger charge is -2.39. The number of nitrogens with zero attached hydrogens (tertiary/aromatic N) is 1. The Morgan fingerprint density at radius 2 is 2.11 bits per heavy atom. The highest BCUT2D eigenvalue weighted by atomic mass is 15.2. The molecule has 0 spiro atoms. The summed E-state index contributed by atoms with van der Waals surface area (Å²) in [7, 11) is 0. The molecular formula is C16H26N2. The summed E-state index contributed by atoms with van der Waals surface area (Å²) < 4.78 is 0. The predicted molar refractivity (Wildman–Crippen MR) is 77.9 cm³/mol. The van der Waals surface area contributed by atoms with Crippen LogP contribution in [0.15, 0.2) is 18.2 Å². The van der Waals surface area contributed by atoms with Gasteiger partial charge in [-0.1, -0.05) is 30.7 Å². The molecule has 1 aliphatic rings. The van der Waals surface area contributed by atoms with E-state index in [1.807, 2.05) is 0 Å². The molecule has 100 valence electrons. The van der Waals surface area contributed by atoms with Crippen molar-refractivity contribution in [3.8, 4) is 0 Å². The van der Waals surface area contributed by atoms with E-state index in [1.54, 1.807) is 0 Å². The smallest absolute Gasteiger partial charge is 0.0240 e. The van der Waals surface area contributed by atoms with E-state index in [4.69, 9.17) is 0 Å². The van der Waals surface area contributed by atoms with Crippen LogP contribution in [0.5, 0.6) is 0 Å². The highest BCUT2D eigenvalue weighted by Gasteiger charge is 2.24. The van der Waals surface area contributed by atoms with Gasteiger partial charge < -0.3 is 5.32 Å². The van der Waals surface area contributed by atoms with Gasteiger partial charge in [0.1, 0.15) is 0 Å². The Bertz CT molecular complexity index is 400. The first-order valence-corrected chi connectivity index (χ1v) is 7.13. The quantitative estimate of drug-likeness (QED) is 0.882. The number of hydrogen-bond acceptors (Lipinski definition) is 2. The molecular weight excluding hydrogens is 220 g/mol. The number of nitrogens with one attached hydrogen (secondary N) is 1. The molecule has 1 fully saturated rings. The molecule has 0 radical (unpaired) electrons. The van der Waals surface area contributed by atoms with Gasteiger partial charge in [-0.2, -0.15) is 0 Å². The van der Waals surface area contributed by atoms with Gasteiger partial charge in [-0.3, -0.25) is 4.90 Å². The van der Waals surface area contributed by atoms with Crippen molar-refractivity contribution in [1.82, 2.24) is 10.2 Å². The molecule has 1 N–H and O–H groups in total. The minimum atomic E-state index is 0.609. The summed E-state index contributed by atoms with van der Waals surface area (Å²) in [6.45, 7) is 12.4. The molecule has 2 rings (SSSR count). The van der Waals surface area contributed by atoms with Crippen LogP contribution in [0.3, 0.4) is 0 Å². The molecule has 0 aromatic heterocycles. The number of rotatable bonds is 3. The third-order valence-corrected chi connectivity index (χ3v) is 4.08. The lowest BCUT2D eigenvalue weighted by molar-refractivity contribution is 0.124. The second-order valence-corrected chi connectivity index (χ2v) is 5.73. The molecule has 1 aliphatic heterocycles. The summed E-state index contributed by atoms with van der Waals surface area (Å²) in [6.07, 6.45) is 1.23. The van der Waals surface area contributed by atoms with Gasteiger partial charge in [-0.25, -0.2) is 0 Å². The number of hydrogen-bond donors (Lipinski definition) is 1. The first-order chi connectivity index (χ1) is 8.60. The summed E-state index contributed by atoms with van der Waals surface area (Å²) in [4.78, 5) is 2.64. The van der Waals surface area contributed by atoms with Gasteiger partial charge in [-0.15, -0.1) is 0 Å². The van der Waals surface area contributed by atoms with Crippen molar-refractivity contribution in [2.75, 3.05) is 13.1 Å². The second kappa shape index (κ2) is 5.85. The van der Waals surface area contributed by atoms with Crippen molar-refractivity contribution in [1.29, 1.82) is 0 Å². The molecule has 1 aromatic rings. The topological polar surface area (TPSA) is 15.3 Å². The Labute approximate surface area is 111 Å². The summed E-state index contributed by atoms with van der Waals surface area (Å²) >= 11 is 0. The Balaban J connectivity index is 2.12. The standard InChI is InChI=1S/C16H26N2/c1-5-16-9-17-14(4)10-18(16)11-15-8-12(2)6-7-13(15)3/h6-8,14,16-17H,5,9-11H2,1-4H3. The van der Waals surface area contributed by atoms with Gasteiger partial charge in [0.05, 0.1) is 0 Å². The highest BCUT2D eigenvalue weighted by Crippen LogP contribution is 2.18. The van der Waals surface area contributed by atoms with Crippen molar-refractivity contribution in [2.45, 2.75) is 52.7 Å². The van der Waals surface area contributed by atoms with Crippen molar-refractivity contribution in [3.05, 3.63) is 34.9 Å². The number of aryl methyl sites for hydroxylation is 2. The third kappa shape index (κ3) is 3.12. The Morgan fingerprint density at radius 3 is 2.83 bits per heavy atom.